The van der Waals surface area contributed by atoms with E-state index >= 15 is 0 Å². The van der Waals surface area contributed by atoms with Gasteiger partial charge in [-0.05, 0) is 63.3 Å². The third-order valence-corrected chi connectivity index (χ3v) is 6.64. The normalized spacial score (nSPS) is 15.8. The summed E-state index contributed by atoms with van der Waals surface area (Å²) in [6.45, 7) is 4.36. The maximum atomic E-state index is 12.6. The van der Waals surface area contributed by atoms with Crippen molar-refractivity contribution in [1.29, 1.82) is 0 Å². The van der Waals surface area contributed by atoms with Crippen molar-refractivity contribution < 1.29 is 18.9 Å². The molecule has 1 unspecified atom stereocenters. The van der Waals surface area contributed by atoms with Crippen LogP contribution in [0.5, 0.6) is 0 Å². The highest BCUT2D eigenvalue weighted by Crippen LogP contribution is 2.20. The fourth-order valence-corrected chi connectivity index (χ4v) is 3.77. The second-order valence-electron chi connectivity index (χ2n) is 7.57. The molecule has 170 valence electrons. The average Bonchev–Trinajstić information content (AvgIpc) is 2.74. The molecule has 30 heavy (non-hydrogen) atoms. The molecular weight excluding hydrogens is 424 g/mol. The van der Waals surface area contributed by atoms with E-state index < -0.39 is 22.9 Å². The van der Waals surface area contributed by atoms with E-state index in [9.17, 15) is 13.8 Å². The lowest BCUT2D eigenvalue weighted by Crippen LogP contribution is -2.40. The van der Waals surface area contributed by atoms with Gasteiger partial charge in [-0.25, -0.2) is 8.51 Å². The Morgan fingerprint density at radius 1 is 1.20 bits per heavy atom. The number of hydrogen-bond acceptors (Lipinski definition) is 3. The third-order valence-electron chi connectivity index (χ3n) is 5.25. The Balaban J connectivity index is 0.000000553. The van der Waals surface area contributed by atoms with Crippen LogP contribution in [0, 0.1) is 5.92 Å². The number of aryl methyl sites for hydroxylation is 1. The Labute approximate surface area is 188 Å². The molecule has 1 heterocycles. The van der Waals surface area contributed by atoms with Crippen LogP contribution >= 0.6 is 11.6 Å². The predicted octanol–water partition coefficient (Wildman–Crippen LogP) is 4.00. The summed E-state index contributed by atoms with van der Waals surface area (Å²) in [6.07, 6.45) is 7.06. The van der Waals surface area contributed by atoms with Gasteiger partial charge < -0.3 is 10.0 Å². The van der Waals surface area contributed by atoms with Crippen LogP contribution in [-0.4, -0.2) is 63.3 Å². The summed E-state index contributed by atoms with van der Waals surface area (Å²) in [4.78, 5) is 25.5. The molecule has 1 fully saturated rings. The molecular formula is C22H35ClN2O4S. The molecule has 1 N–H and O–H groups in total. The number of likely N-dealkylation sites (tertiary alicyclic amines) is 1. The molecule has 1 amide bonds. The largest absolute Gasteiger partial charge is 0.481 e. The highest BCUT2D eigenvalue weighted by Gasteiger charge is 2.27. The molecule has 0 radical (unpaired) electrons. The van der Waals surface area contributed by atoms with Gasteiger partial charge in [-0.15, -0.1) is 0 Å². The van der Waals surface area contributed by atoms with Crippen molar-refractivity contribution >= 4 is 34.5 Å². The number of amides is 1. The summed E-state index contributed by atoms with van der Waals surface area (Å²) in [6, 6.07) is 7.65. The fraction of sp³-hybridized carbons (Fsp3) is 0.636. The zero-order valence-electron chi connectivity index (χ0n) is 18.3. The van der Waals surface area contributed by atoms with Gasteiger partial charge in [0.1, 0.15) is 0 Å². The number of benzene rings is 1. The summed E-state index contributed by atoms with van der Waals surface area (Å²) >= 11 is 5.87. The summed E-state index contributed by atoms with van der Waals surface area (Å²) in [5.74, 6) is -1.28. The smallest absolute Gasteiger partial charge is 0.304 e. The molecule has 1 aromatic rings. The van der Waals surface area contributed by atoms with Crippen LogP contribution in [0.2, 0.25) is 5.02 Å². The van der Waals surface area contributed by atoms with E-state index in [4.69, 9.17) is 16.7 Å². The summed E-state index contributed by atoms with van der Waals surface area (Å²) in [5, 5.41) is 9.80. The van der Waals surface area contributed by atoms with Gasteiger partial charge in [-0.3, -0.25) is 9.59 Å². The van der Waals surface area contributed by atoms with Crippen LogP contribution in [0.15, 0.2) is 24.3 Å². The first-order chi connectivity index (χ1) is 14.2. The SMILES string of the molecule is CCN(C)S(C)=O.O=C(O)C[C@@H](CCCc1ccc(Cl)cc1)C(=O)N1CCCCC1. The molecule has 1 saturated heterocycles. The number of carbonyl (C=O) groups excluding carboxylic acids is 1. The molecule has 0 bridgehead atoms. The fourth-order valence-electron chi connectivity index (χ4n) is 3.28. The van der Waals surface area contributed by atoms with Crippen molar-refractivity contribution in [2.24, 2.45) is 5.92 Å². The minimum absolute atomic E-state index is 0.0169. The molecule has 2 atom stereocenters. The summed E-state index contributed by atoms with van der Waals surface area (Å²) < 4.78 is 12.2. The lowest BCUT2D eigenvalue weighted by Gasteiger charge is -2.30. The highest BCUT2D eigenvalue weighted by molar-refractivity contribution is 7.81. The van der Waals surface area contributed by atoms with Gasteiger partial charge in [0.2, 0.25) is 5.91 Å². The van der Waals surface area contributed by atoms with Crippen LogP contribution in [0.3, 0.4) is 0 Å². The third kappa shape index (κ3) is 10.5. The average molecular weight is 459 g/mol. The second-order valence-corrected chi connectivity index (χ2v) is 9.47. The van der Waals surface area contributed by atoms with Crippen molar-refractivity contribution in [1.82, 2.24) is 9.21 Å². The van der Waals surface area contributed by atoms with E-state index in [0.29, 0.717) is 11.4 Å². The first kappa shape index (κ1) is 26.6. The van der Waals surface area contributed by atoms with Gasteiger partial charge in [-0.1, -0.05) is 30.7 Å². The van der Waals surface area contributed by atoms with Gasteiger partial charge in [0, 0.05) is 36.8 Å². The Hall–Kier alpha value is -1.44. The van der Waals surface area contributed by atoms with Crippen LogP contribution in [0.4, 0.5) is 0 Å². The van der Waals surface area contributed by atoms with Crippen molar-refractivity contribution in [2.45, 2.75) is 51.9 Å². The minimum atomic E-state index is -0.896. The number of nitrogens with zero attached hydrogens (tertiary/aromatic N) is 2. The zero-order chi connectivity index (χ0) is 22.5. The van der Waals surface area contributed by atoms with Gasteiger partial charge in [-0.2, -0.15) is 0 Å². The van der Waals surface area contributed by atoms with E-state index in [-0.39, 0.29) is 12.3 Å². The van der Waals surface area contributed by atoms with Crippen molar-refractivity contribution in [3.63, 3.8) is 0 Å². The lowest BCUT2D eigenvalue weighted by atomic mass is 9.94. The number of carbonyl (C=O) groups is 2. The monoisotopic (exact) mass is 458 g/mol. The number of piperidine rings is 1. The lowest BCUT2D eigenvalue weighted by molar-refractivity contribution is -0.145. The highest BCUT2D eigenvalue weighted by atomic mass is 35.5. The number of carboxylic acid groups (broad SMARTS) is 1. The minimum Gasteiger partial charge on any atom is -0.481 e. The van der Waals surface area contributed by atoms with Crippen molar-refractivity contribution in [3.05, 3.63) is 34.9 Å². The van der Waals surface area contributed by atoms with Crippen LogP contribution < -0.4 is 0 Å². The molecule has 0 saturated carbocycles. The van der Waals surface area contributed by atoms with Crippen LogP contribution in [0.1, 0.15) is 51.0 Å². The molecule has 0 spiro atoms. The zero-order valence-corrected chi connectivity index (χ0v) is 19.9. The molecule has 1 aliphatic heterocycles. The number of carboxylic acids is 1. The van der Waals surface area contributed by atoms with E-state index in [0.717, 1.165) is 57.3 Å². The Morgan fingerprint density at radius 3 is 2.27 bits per heavy atom. The first-order valence-electron chi connectivity index (χ1n) is 10.5. The summed E-state index contributed by atoms with van der Waals surface area (Å²) in [7, 11) is 1.05. The topological polar surface area (TPSA) is 77.9 Å². The second kappa shape index (κ2) is 14.5. The molecule has 1 aliphatic rings. The molecule has 2 rings (SSSR count). The number of rotatable bonds is 9. The molecule has 1 aromatic carbocycles. The van der Waals surface area contributed by atoms with Crippen molar-refractivity contribution in [2.75, 3.05) is 32.9 Å². The number of halogens is 1. The maximum absolute atomic E-state index is 12.6. The molecule has 8 heteroatoms. The molecule has 0 aromatic heterocycles. The van der Waals surface area contributed by atoms with Gasteiger partial charge in [0.05, 0.1) is 17.4 Å². The van der Waals surface area contributed by atoms with E-state index in [1.54, 1.807) is 10.6 Å². The van der Waals surface area contributed by atoms with Gasteiger partial charge >= 0.3 is 5.97 Å². The number of hydrogen-bond donors (Lipinski definition) is 1. The summed E-state index contributed by atoms with van der Waals surface area (Å²) in [5.41, 5.74) is 1.16. The van der Waals surface area contributed by atoms with Crippen molar-refractivity contribution in [3.8, 4) is 0 Å². The Morgan fingerprint density at radius 2 is 1.80 bits per heavy atom. The van der Waals surface area contributed by atoms with E-state index in [1.165, 1.54) is 0 Å². The predicted molar refractivity (Wildman–Crippen MR) is 123 cm³/mol. The Kier molecular flexibility index (Phi) is 12.9. The quantitative estimate of drug-likeness (QED) is 0.606. The van der Waals surface area contributed by atoms with E-state index in [2.05, 4.69) is 0 Å². The number of aliphatic carboxylic acids is 1. The molecule has 0 aliphatic carbocycles. The van der Waals surface area contributed by atoms with Crippen LogP contribution in [0.25, 0.3) is 0 Å². The standard InChI is InChI=1S/C18H24ClNO3.C4H11NOS/c19-16-9-7-14(8-10-16)5-4-6-15(13-17(21)22)18(23)20-11-2-1-3-12-20;1-4-5(2)7(3)6/h7-10,15H,1-6,11-13H2,(H,21,22);4H2,1-3H3/t15-;/m1./s1. The Bertz CT molecular complexity index is 678. The van der Waals surface area contributed by atoms with E-state index in [1.807, 2.05) is 43.1 Å². The first-order valence-corrected chi connectivity index (χ1v) is 12.4. The van der Waals surface area contributed by atoms with Gasteiger partial charge in [0.15, 0.2) is 0 Å². The maximum Gasteiger partial charge on any atom is 0.304 e. The van der Waals surface area contributed by atoms with Gasteiger partial charge in [0.25, 0.3) is 0 Å². The van der Waals surface area contributed by atoms with Crippen LogP contribution in [-0.2, 0) is 27.0 Å². The molecule has 6 nitrogen and oxygen atoms in total.